The van der Waals surface area contributed by atoms with Gasteiger partial charge in [-0.25, -0.2) is 13.2 Å². The molecule has 0 saturated carbocycles. The highest BCUT2D eigenvalue weighted by molar-refractivity contribution is 7.94. The van der Waals surface area contributed by atoms with E-state index in [-0.39, 0.29) is 24.8 Å². The maximum atomic E-state index is 12.1. The van der Waals surface area contributed by atoms with Crippen LogP contribution < -0.4 is 4.72 Å². The van der Waals surface area contributed by atoms with Crippen LogP contribution in [0.4, 0.5) is 5.69 Å². The molecule has 0 atom stereocenters. The van der Waals surface area contributed by atoms with E-state index in [0.717, 1.165) is 23.5 Å². The highest BCUT2D eigenvalue weighted by Crippen LogP contribution is 2.35. The molecule has 0 spiro atoms. The fourth-order valence-corrected chi connectivity index (χ4v) is 4.37. The summed E-state index contributed by atoms with van der Waals surface area (Å²) in [5.41, 5.74) is -0.321. The maximum Gasteiger partial charge on any atom is 0.339 e. The van der Waals surface area contributed by atoms with Crippen LogP contribution in [0, 0.1) is 0 Å². The molecular weight excluding hydrogens is 361 g/mol. The SMILES string of the molecule is O=C(O)c1ccc(NS(=O)(=O)c2cc(Cl)c(Cl)s2)cc1O. The van der Waals surface area contributed by atoms with Gasteiger partial charge in [-0.15, -0.1) is 11.3 Å². The Bertz CT molecular complexity index is 797. The number of thiophene rings is 1. The van der Waals surface area contributed by atoms with E-state index < -0.39 is 21.7 Å². The van der Waals surface area contributed by atoms with Crippen LogP contribution in [-0.4, -0.2) is 24.6 Å². The minimum absolute atomic E-state index is 0.0122. The number of carbonyl (C=O) groups is 1. The van der Waals surface area contributed by atoms with Crippen LogP contribution in [0.2, 0.25) is 9.36 Å². The van der Waals surface area contributed by atoms with Gasteiger partial charge < -0.3 is 10.2 Å². The number of sulfonamides is 1. The van der Waals surface area contributed by atoms with Crippen molar-refractivity contribution in [3.63, 3.8) is 0 Å². The Morgan fingerprint density at radius 3 is 2.38 bits per heavy atom. The zero-order valence-corrected chi connectivity index (χ0v) is 13.1. The molecule has 0 aliphatic heterocycles. The molecule has 1 aromatic heterocycles. The standard InChI is InChI=1S/C11H7Cl2NO5S2/c12-7-4-9(20-10(7)13)21(18,19)14-5-1-2-6(11(16)17)8(15)3-5/h1-4,14-15H,(H,16,17). The Morgan fingerprint density at radius 2 is 1.90 bits per heavy atom. The molecule has 1 heterocycles. The number of nitrogens with one attached hydrogen (secondary N) is 1. The maximum absolute atomic E-state index is 12.1. The number of hydrogen-bond donors (Lipinski definition) is 3. The largest absolute Gasteiger partial charge is 0.507 e. The first-order chi connectivity index (χ1) is 9.70. The summed E-state index contributed by atoms with van der Waals surface area (Å²) in [4.78, 5) is 10.8. The fraction of sp³-hybridized carbons (Fsp3) is 0. The predicted molar refractivity (Wildman–Crippen MR) is 80.2 cm³/mol. The molecule has 112 valence electrons. The molecule has 21 heavy (non-hydrogen) atoms. The number of carboxylic acids is 1. The highest BCUT2D eigenvalue weighted by atomic mass is 35.5. The molecule has 0 saturated heterocycles. The lowest BCUT2D eigenvalue weighted by molar-refractivity contribution is 0.0694. The number of aromatic carboxylic acids is 1. The van der Waals surface area contributed by atoms with Gasteiger partial charge in [0.25, 0.3) is 10.0 Å². The number of benzene rings is 1. The zero-order valence-electron chi connectivity index (χ0n) is 10.0. The summed E-state index contributed by atoms with van der Waals surface area (Å²) < 4.78 is 26.4. The Hall–Kier alpha value is -1.48. The van der Waals surface area contributed by atoms with E-state index in [9.17, 15) is 18.3 Å². The Labute approximate surface area is 133 Å². The lowest BCUT2D eigenvalue weighted by Gasteiger charge is -2.07. The summed E-state index contributed by atoms with van der Waals surface area (Å²) in [6.45, 7) is 0. The quantitative estimate of drug-likeness (QED) is 0.769. The van der Waals surface area contributed by atoms with Gasteiger partial charge in [-0.1, -0.05) is 23.2 Å². The van der Waals surface area contributed by atoms with Crippen molar-refractivity contribution < 1.29 is 23.4 Å². The Kier molecular flexibility index (Phi) is 4.33. The number of aromatic hydroxyl groups is 1. The molecule has 0 radical (unpaired) electrons. The molecule has 0 fully saturated rings. The monoisotopic (exact) mass is 367 g/mol. The third kappa shape index (κ3) is 3.41. The van der Waals surface area contributed by atoms with Gasteiger partial charge in [-0.2, -0.15) is 0 Å². The molecule has 0 aliphatic rings. The van der Waals surface area contributed by atoms with Crippen molar-refractivity contribution in [2.24, 2.45) is 0 Å². The van der Waals surface area contributed by atoms with Crippen LogP contribution in [-0.2, 0) is 10.0 Å². The number of phenols is 1. The van der Waals surface area contributed by atoms with Crippen molar-refractivity contribution in [3.05, 3.63) is 39.2 Å². The molecule has 0 aliphatic carbocycles. The van der Waals surface area contributed by atoms with E-state index in [2.05, 4.69) is 4.72 Å². The second kappa shape index (κ2) is 5.72. The first-order valence-corrected chi connectivity index (χ1v) is 8.30. The zero-order chi connectivity index (χ0) is 15.8. The summed E-state index contributed by atoms with van der Waals surface area (Å²) in [7, 11) is -3.92. The van der Waals surface area contributed by atoms with Gasteiger partial charge in [0.15, 0.2) is 0 Å². The summed E-state index contributed by atoms with van der Waals surface area (Å²) in [6.07, 6.45) is 0. The van der Waals surface area contributed by atoms with Gasteiger partial charge in [0.1, 0.15) is 19.9 Å². The molecular formula is C11H7Cl2NO5S2. The van der Waals surface area contributed by atoms with E-state index in [1.54, 1.807) is 0 Å². The smallest absolute Gasteiger partial charge is 0.339 e. The van der Waals surface area contributed by atoms with Crippen molar-refractivity contribution >= 4 is 56.2 Å². The van der Waals surface area contributed by atoms with Crippen molar-refractivity contribution in [1.82, 2.24) is 0 Å². The summed E-state index contributed by atoms with van der Waals surface area (Å²) in [6, 6.07) is 4.50. The van der Waals surface area contributed by atoms with Crippen molar-refractivity contribution in [2.45, 2.75) is 4.21 Å². The number of anilines is 1. The van der Waals surface area contributed by atoms with E-state index in [4.69, 9.17) is 28.3 Å². The predicted octanol–water partition coefficient (Wildman–Crippen LogP) is 3.26. The van der Waals surface area contributed by atoms with Gasteiger partial charge in [-0.3, -0.25) is 4.72 Å². The first kappa shape index (κ1) is 15.9. The second-order valence-electron chi connectivity index (χ2n) is 3.83. The van der Waals surface area contributed by atoms with Crippen LogP contribution in [0.15, 0.2) is 28.5 Å². The van der Waals surface area contributed by atoms with E-state index >= 15 is 0 Å². The second-order valence-corrected chi connectivity index (χ2v) is 7.80. The molecule has 2 rings (SSSR count). The molecule has 0 unspecified atom stereocenters. The highest BCUT2D eigenvalue weighted by Gasteiger charge is 2.20. The molecule has 6 nitrogen and oxygen atoms in total. The van der Waals surface area contributed by atoms with Crippen LogP contribution in [0.25, 0.3) is 0 Å². The van der Waals surface area contributed by atoms with Crippen molar-refractivity contribution in [1.29, 1.82) is 0 Å². The van der Waals surface area contributed by atoms with Crippen molar-refractivity contribution in [3.8, 4) is 5.75 Å². The number of carboxylic acid groups (broad SMARTS) is 1. The lowest BCUT2D eigenvalue weighted by Crippen LogP contribution is -2.11. The molecule has 3 N–H and O–H groups in total. The topological polar surface area (TPSA) is 104 Å². The van der Waals surface area contributed by atoms with Gasteiger partial charge in [0.05, 0.1) is 10.7 Å². The molecule has 0 bridgehead atoms. The number of hydrogen-bond acceptors (Lipinski definition) is 5. The lowest BCUT2D eigenvalue weighted by atomic mass is 10.2. The average molecular weight is 368 g/mol. The van der Waals surface area contributed by atoms with E-state index in [1.807, 2.05) is 0 Å². The number of rotatable bonds is 4. The molecule has 10 heteroatoms. The Morgan fingerprint density at radius 1 is 1.24 bits per heavy atom. The van der Waals surface area contributed by atoms with Crippen LogP contribution in [0.1, 0.15) is 10.4 Å². The van der Waals surface area contributed by atoms with Gasteiger partial charge in [-0.05, 0) is 18.2 Å². The van der Waals surface area contributed by atoms with Crippen molar-refractivity contribution in [2.75, 3.05) is 4.72 Å². The summed E-state index contributed by atoms with van der Waals surface area (Å²) in [5, 5.41) is 18.4. The molecule has 1 aromatic carbocycles. The van der Waals surface area contributed by atoms with Crippen LogP contribution in [0.3, 0.4) is 0 Å². The average Bonchev–Trinajstić information content (AvgIpc) is 2.69. The summed E-state index contributed by atoms with van der Waals surface area (Å²) >= 11 is 12.2. The minimum Gasteiger partial charge on any atom is -0.507 e. The number of halogens is 2. The minimum atomic E-state index is -3.92. The Balaban J connectivity index is 2.33. The molecule has 0 amide bonds. The normalized spacial score (nSPS) is 11.3. The van der Waals surface area contributed by atoms with Gasteiger partial charge in [0, 0.05) is 6.07 Å². The first-order valence-electron chi connectivity index (χ1n) is 5.24. The van der Waals surface area contributed by atoms with Crippen LogP contribution >= 0.6 is 34.5 Å². The fourth-order valence-electron chi connectivity index (χ4n) is 1.44. The summed E-state index contributed by atoms with van der Waals surface area (Å²) in [5.74, 6) is -1.87. The third-order valence-electron chi connectivity index (χ3n) is 2.37. The van der Waals surface area contributed by atoms with Gasteiger partial charge >= 0.3 is 5.97 Å². The third-order valence-corrected chi connectivity index (χ3v) is 6.09. The van der Waals surface area contributed by atoms with E-state index in [1.165, 1.54) is 12.1 Å². The van der Waals surface area contributed by atoms with E-state index in [0.29, 0.717) is 0 Å². The molecule has 2 aromatic rings. The van der Waals surface area contributed by atoms with Gasteiger partial charge in [0.2, 0.25) is 0 Å². The van der Waals surface area contributed by atoms with Crippen LogP contribution in [0.5, 0.6) is 5.75 Å².